The first-order valence-corrected chi connectivity index (χ1v) is 10.1. The second-order valence-corrected chi connectivity index (χ2v) is 8.12. The van der Waals surface area contributed by atoms with E-state index in [-0.39, 0.29) is 4.90 Å². The summed E-state index contributed by atoms with van der Waals surface area (Å²) in [5.41, 5.74) is 4.11. The van der Waals surface area contributed by atoms with Crippen LogP contribution in [0.25, 0.3) is 0 Å². The molecule has 5 heteroatoms. The minimum Gasteiger partial charge on any atom is -0.255 e. The fourth-order valence-corrected chi connectivity index (χ4v) is 3.84. The number of benzene rings is 1. The maximum atomic E-state index is 12.7. The number of hydrogen-bond donors (Lipinski definition) is 1. The maximum absolute atomic E-state index is 12.7. The van der Waals surface area contributed by atoms with Gasteiger partial charge in [0.15, 0.2) is 0 Å². The molecular weight excluding hydrogens is 320 g/mol. The molecule has 24 heavy (non-hydrogen) atoms. The molecule has 0 aliphatic carbocycles. The summed E-state index contributed by atoms with van der Waals surface area (Å²) in [6.07, 6.45) is 5.53. The fourth-order valence-electron chi connectivity index (χ4n) is 2.74. The summed E-state index contributed by atoms with van der Waals surface area (Å²) in [6.45, 7) is 8.09. The van der Waals surface area contributed by atoms with Gasteiger partial charge < -0.3 is 0 Å². The van der Waals surface area contributed by atoms with Crippen LogP contribution in [0.2, 0.25) is 0 Å². The molecule has 0 aliphatic heterocycles. The number of nitrogens with zero attached hydrogens (tertiary/aromatic N) is 1. The molecule has 0 saturated carbocycles. The molecule has 2 rings (SSSR count). The lowest BCUT2D eigenvalue weighted by Gasteiger charge is -2.15. The highest BCUT2D eigenvalue weighted by molar-refractivity contribution is 7.92. The van der Waals surface area contributed by atoms with Gasteiger partial charge in [-0.2, -0.15) is 8.42 Å². The molecule has 1 heterocycles. The van der Waals surface area contributed by atoms with Gasteiger partial charge in [-0.25, -0.2) is 4.83 Å². The van der Waals surface area contributed by atoms with Crippen molar-refractivity contribution < 1.29 is 8.42 Å². The van der Waals surface area contributed by atoms with Gasteiger partial charge in [0.25, 0.3) is 10.0 Å². The van der Waals surface area contributed by atoms with Crippen LogP contribution in [0.3, 0.4) is 0 Å². The van der Waals surface area contributed by atoms with Crippen LogP contribution in [0.5, 0.6) is 0 Å². The third-order valence-corrected chi connectivity index (χ3v) is 5.72. The normalized spacial score (nSPS) is 11.7. The SMILES string of the molecule is CCCCCCc1cc(C)c(C)n1NS(=O)(=O)c1ccc(C)cc1. The molecule has 0 bridgehead atoms. The standard InChI is InChI=1S/C19H28N2O2S/c1-5-6-7-8-9-18-14-16(3)17(4)21(18)20-24(22,23)19-12-10-15(2)11-13-19/h10-14,20H,5-9H2,1-4H3. The van der Waals surface area contributed by atoms with Gasteiger partial charge in [0, 0.05) is 11.4 Å². The quantitative estimate of drug-likeness (QED) is 0.716. The van der Waals surface area contributed by atoms with Crippen molar-refractivity contribution in [1.82, 2.24) is 4.68 Å². The van der Waals surface area contributed by atoms with Crippen molar-refractivity contribution in [2.45, 2.75) is 64.7 Å². The predicted molar refractivity (Wildman–Crippen MR) is 99.5 cm³/mol. The van der Waals surface area contributed by atoms with E-state index < -0.39 is 10.0 Å². The van der Waals surface area contributed by atoms with Crippen molar-refractivity contribution >= 4 is 10.0 Å². The third-order valence-electron chi connectivity index (χ3n) is 4.41. The number of rotatable bonds is 8. The topological polar surface area (TPSA) is 51.1 Å². The molecule has 0 spiro atoms. The highest BCUT2D eigenvalue weighted by atomic mass is 32.2. The van der Waals surface area contributed by atoms with Crippen molar-refractivity contribution in [2.24, 2.45) is 0 Å². The maximum Gasteiger partial charge on any atom is 0.275 e. The first kappa shape index (κ1) is 18.6. The Morgan fingerprint density at radius 1 is 1.00 bits per heavy atom. The second-order valence-electron chi connectivity index (χ2n) is 6.46. The molecule has 0 unspecified atom stereocenters. The minimum absolute atomic E-state index is 0.288. The zero-order valence-corrected chi connectivity index (χ0v) is 15.9. The van der Waals surface area contributed by atoms with Crippen LogP contribution in [0.1, 0.15) is 55.1 Å². The molecule has 0 atom stereocenters. The van der Waals surface area contributed by atoms with Crippen molar-refractivity contribution in [3.8, 4) is 0 Å². The van der Waals surface area contributed by atoms with Crippen molar-refractivity contribution in [3.63, 3.8) is 0 Å². The second kappa shape index (κ2) is 7.88. The van der Waals surface area contributed by atoms with Gasteiger partial charge in [-0.1, -0.05) is 43.9 Å². The Kier molecular flexibility index (Phi) is 6.10. The van der Waals surface area contributed by atoms with Crippen LogP contribution in [-0.4, -0.2) is 13.1 Å². The predicted octanol–water partition coefficient (Wildman–Crippen LogP) is 4.47. The first-order chi connectivity index (χ1) is 11.3. The van der Waals surface area contributed by atoms with E-state index in [1.54, 1.807) is 16.8 Å². The highest BCUT2D eigenvalue weighted by Crippen LogP contribution is 2.18. The summed E-state index contributed by atoms with van der Waals surface area (Å²) >= 11 is 0. The molecule has 0 saturated heterocycles. The van der Waals surface area contributed by atoms with Crippen molar-refractivity contribution in [1.29, 1.82) is 0 Å². The smallest absolute Gasteiger partial charge is 0.255 e. The molecule has 132 valence electrons. The number of aryl methyl sites for hydroxylation is 3. The molecular formula is C19H28N2O2S. The van der Waals surface area contributed by atoms with Gasteiger partial charge in [0.05, 0.1) is 4.90 Å². The van der Waals surface area contributed by atoms with E-state index >= 15 is 0 Å². The molecule has 0 fully saturated rings. The zero-order chi connectivity index (χ0) is 17.7. The number of sulfonamides is 1. The van der Waals surface area contributed by atoms with Crippen LogP contribution >= 0.6 is 0 Å². The molecule has 0 aliphatic rings. The number of unbranched alkanes of at least 4 members (excludes halogenated alkanes) is 3. The number of nitrogens with one attached hydrogen (secondary N) is 1. The Morgan fingerprint density at radius 2 is 1.67 bits per heavy atom. The van der Waals surface area contributed by atoms with Gasteiger partial charge in [-0.05, 0) is 57.4 Å². The number of aromatic nitrogens is 1. The zero-order valence-electron chi connectivity index (χ0n) is 15.1. The monoisotopic (exact) mass is 348 g/mol. The van der Waals surface area contributed by atoms with Crippen LogP contribution in [-0.2, 0) is 16.4 Å². The fraction of sp³-hybridized carbons (Fsp3) is 0.474. The lowest BCUT2D eigenvalue weighted by Crippen LogP contribution is -2.26. The van der Waals surface area contributed by atoms with Crippen LogP contribution in [0.15, 0.2) is 35.2 Å². The van der Waals surface area contributed by atoms with Crippen molar-refractivity contribution in [2.75, 3.05) is 4.83 Å². The van der Waals surface area contributed by atoms with Gasteiger partial charge in [-0.15, -0.1) is 0 Å². The van der Waals surface area contributed by atoms with E-state index in [4.69, 9.17) is 0 Å². The molecule has 4 nitrogen and oxygen atoms in total. The average Bonchev–Trinajstić information content (AvgIpc) is 2.79. The summed E-state index contributed by atoms with van der Waals surface area (Å²) < 4.78 is 27.1. The largest absolute Gasteiger partial charge is 0.275 e. The lowest BCUT2D eigenvalue weighted by atomic mass is 10.1. The van der Waals surface area contributed by atoms with E-state index in [1.165, 1.54) is 19.3 Å². The van der Waals surface area contributed by atoms with E-state index in [1.807, 2.05) is 32.9 Å². The summed E-state index contributed by atoms with van der Waals surface area (Å²) in [5, 5.41) is 0. The van der Waals surface area contributed by atoms with E-state index in [2.05, 4.69) is 17.8 Å². The highest BCUT2D eigenvalue weighted by Gasteiger charge is 2.17. The van der Waals surface area contributed by atoms with Gasteiger partial charge in [-0.3, -0.25) is 4.68 Å². The summed E-state index contributed by atoms with van der Waals surface area (Å²) in [5.74, 6) is 0. The molecule has 1 aromatic carbocycles. The Hall–Kier alpha value is -1.75. The minimum atomic E-state index is -3.58. The Labute approximate surface area is 145 Å². The average molecular weight is 349 g/mol. The third kappa shape index (κ3) is 4.41. The van der Waals surface area contributed by atoms with Crippen LogP contribution in [0.4, 0.5) is 0 Å². The lowest BCUT2D eigenvalue weighted by molar-refractivity contribution is 0.592. The molecule has 2 aromatic rings. The van der Waals surface area contributed by atoms with Gasteiger partial charge in [0.2, 0.25) is 0 Å². The van der Waals surface area contributed by atoms with Crippen molar-refractivity contribution in [3.05, 3.63) is 52.8 Å². The first-order valence-electron chi connectivity index (χ1n) is 8.62. The summed E-state index contributed by atoms with van der Waals surface area (Å²) in [7, 11) is -3.58. The summed E-state index contributed by atoms with van der Waals surface area (Å²) in [4.78, 5) is 3.03. The molecule has 1 aromatic heterocycles. The Morgan fingerprint density at radius 3 is 2.29 bits per heavy atom. The molecule has 0 amide bonds. The van der Waals surface area contributed by atoms with Gasteiger partial charge >= 0.3 is 0 Å². The Balaban J connectivity index is 2.23. The Bertz CT molecular complexity index is 774. The van der Waals surface area contributed by atoms with E-state index in [0.717, 1.165) is 35.4 Å². The molecule has 1 N–H and O–H groups in total. The van der Waals surface area contributed by atoms with Gasteiger partial charge in [0.1, 0.15) is 0 Å². The van der Waals surface area contributed by atoms with E-state index in [9.17, 15) is 8.42 Å². The summed E-state index contributed by atoms with van der Waals surface area (Å²) in [6, 6.07) is 9.00. The molecule has 0 radical (unpaired) electrons. The van der Waals surface area contributed by atoms with Crippen LogP contribution < -0.4 is 4.83 Å². The van der Waals surface area contributed by atoms with Crippen LogP contribution in [0, 0.1) is 20.8 Å². The number of hydrogen-bond acceptors (Lipinski definition) is 2. The van der Waals surface area contributed by atoms with E-state index in [0.29, 0.717) is 0 Å².